The molecule has 1 amide bonds. The van der Waals surface area contributed by atoms with Gasteiger partial charge in [-0.1, -0.05) is 20.8 Å². The summed E-state index contributed by atoms with van der Waals surface area (Å²) in [7, 11) is 0. The quantitative estimate of drug-likeness (QED) is 0.805. The van der Waals surface area contributed by atoms with E-state index in [1.807, 2.05) is 20.8 Å². The van der Waals surface area contributed by atoms with E-state index in [-0.39, 0.29) is 5.41 Å². The summed E-state index contributed by atoms with van der Waals surface area (Å²) < 4.78 is 38.8. The monoisotopic (exact) mass is 227 g/mol. The Balaban J connectivity index is 3.60. The first-order valence-corrected chi connectivity index (χ1v) is 4.57. The summed E-state index contributed by atoms with van der Waals surface area (Å²) in [6.45, 7) is 4.66. The summed E-state index contributed by atoms with van der Waals surface area (Å²) >= 11 is 0. The van der Waals surface area contributed by atoms with Crippen LogP contribution in [0.2, 0.25) is 0 Å². The third-order valence-corrected chi connectivity index (χ3v) is 1.51. The van der Waals surface area contributed by atoms with Crippen molar-refractivity contribution in [2.24, 2.45) is 5.41 Å². The first-order valence-electron chi connectivity index (χ1n) is 4.57. The Kier molecular flexibility index (Phi) is 4.90. The molecule has 0 bridgehead atoms. The zero-order valence-corrected chi connectivity index (χ0v) is 9.07. The number of halogens is 3. The Bertz CT molecular complexity index is 208. The van der Waals surface area contributed by atoms with Gasteiger partial charge in [-0.15, -0.1) is 0 Å². The number of hydrogen-bond donors (Lipinski definition) is 1. The largest absolute Gasteiger partial charge is 0.440 e. The Morgan fingerprint density at radius 1 is 1.27 bits per heavy atom. The molecule has 0 aliphatic carbocycles. The van der Waals surface area contributed by atoms with Crippen LogP contribution in [0.5, 0.6) is 0 Å². The number of carbonyl (C=O) groups is 1. The van der Waals surface area contributed by atoms with Gasteiger partial charge in [0, 0.05) is 6.54 Å². The third-order valence-electron chi connectivity index (χ3n) is 1.51. The molecule has 15 heavy (non-hydrogen) atoms. The van der Waals surface area contributed by atoms with Crippen molar-refractivity contribution in [3.05, 3.63) is 0 Å². The molecule has 0 heterocycles. The van der Waals surface area contributed by atoms with Gasteiger partial charge in [0.2, 0.25) is 0 Å². The zero-order valence-electron chi connectivity index (χ0n) is 9.07. The maximum atomic E-state index is 11.6. The van der Waals surface area contributed by atoms with Gasteiger partial charge in [-0.2, -0.15) is 13.2 Å². The van der Waals surface area contributed by atoms with Crippen LogP contribution in [0.3, 0.4) is 0 Å². The van der Waals surface area contributed by atoms with Crippen molar-refractivity contribution in [1.82, 2.24) is 5.32 Å². The lowest BCUT2D eigenvalue weighted by Crippen LogP contribution is -2.31. The topological polar surface area (TPSA) is 38.3 Å². The maximum absolute atomic E-state index is 11.6. The van der Waals surface area contributed by atoms with E-state index in [0.717, 1.165) is 0 Å². The molecule has 0 aromatic rings. The number of ether oxygens (including phenoxy) is 1. The fourth-order valence-electron chi connectivity index (χ4n) is 0.738. The molecule has 1 N–H and O–H groups in total. The van der Waals surface area contributed by atoms with Crippen molar-refractivity contribution in [3.63, 3.8) is 0 Å². The van der Waals surface area contributed by atoms with E-state index >= 15 is 0 Å². The van der Waals surface area contributed by atoms with Gasteiger partial charge in [-0.25, -0.2) is 4.79 Å². The van der Waals surface area contributed by atoms with Gasteiger partial charge >= 0.3 is 12.3 Å². The summed E-state index contributed by atoms with van der Waals surface area (Å²) in [4.78, 5) is 10.7. The lowest BCUT2D eigenvalue weighted by molar-refractivity contribution is -0.160. The molecule has 90 valence electrons. The van der Waals surface area contributed by atoms with Gasteiger partial charge in [0.25, 0.3) is 0 Å². The smallest absolute Gasteiger partial charge is 0.422 e. The van der Waals surface area contributed by atoms with Gasteiger partial charge in [-0.3, -0.25) is 0 Å². The number of nitrogens with one attached hydrogen (secondary N) is 1. The molecule has 0 saturated carbocycles. The molecule has 0 rings (SSSR count). The average Bonchev–Trinajstić information content (AvgIpc) is 1.97. The molecule has 6 heteroatoms. The molecule has 0 aromatic carbocycles. The highest BCUT2D eigenvalue weighted by Gasteiger charge is 2.29. The number of rotatable bonds is 3. The molecule has 0 radical (unpaired) electrons. The summed E-state index contributed by atoms with van der Waals surface area (Å²) in [6.07, 6.45) is -4.83. The van der Waals surface area contributed by atoms with Crippen molar-refractivity contribution < 1.29 is 22.7 Å². The van der Waals surface area contributed by atoms with Crippen molar-refractivity contribution in [2.75, 3.05) is 13.2 Å². The number of carbonyl (C=O) groups excluding carboxylic acids is 1. The first kappa shape index (κ1) is 14.1. The van der Waals surface area contributed by atoms with Crippen molar-refractivity contribution in [3.8, 4) is 0 Å². The summed E-state index contributed by atoms with van der Waals surface area (Å²) in [5.41, 5.74) is 0.0251. The second-order valence-corrected chi connectivity index (χ2v) is 4.43. The summed E-state index contributed by atoms with van der Waals surface area (Å²) in [5.74, 6) is 0. The fourth-order valence-corrected chi connectivity index (χ4v) is 0.738. The molecule has 0 fully saturated rings. The number of hydrogen-bond acceptors (Lipinski definition) is 2. The molecule has 0 spiro atoms. The van der Waals surface area contributed by atoms with Gasteiger partial charge in [0.1, 0.15) is 0 Å². The third kappa shape index (κ3) is 11.0. The minimum absolute atomic E-state index is 0.0251. The van der Waals surface area contributed by atoms with E-state index in [1.54, 1.807) is 0 Å². The lowest BCUT2D eigenvalue weighted by atomic mass is 9.92. The van der Waals surface area contributed by atoms with Crippen LogP contribution < -0.4 is 5.32 Å². The Morgan fingerprint density at radius 2 is 1.80 bits per heavy atom. The van der Waals surface area contributed by atoms with Crippen molar-refractivity contribution in [2.45, 2.75) is 33.4 Å². The molecule has 0 unspecified atom stereocenters. The number of alkyl carbamates (subject to hydrolysis) is 1. The highest BCUT2D eigenvalue weighted by atomic mass is 19.4. The highest BCUT2D eigenvalue weighted by Crippen LogP contribution is 2.17. The predicted molar refractivity (Wildman–Crippen MR) is 49.5 cm³/mol. The van der Waals surface area contributed by atoms with Crippen LogP contribution in [0.25, 0.3) is 0 Å². The Morgan fingerprint density at radius 3 is 2.20 bits per heavy atom. The van der Waals surface area contributed by atoms with Gasteiger partial charge in [0.05, 0.1) is 0 Å². The molecule has 3 nitrogen and oxygen atoms in total. The molecular formula is C9H16F3NO2. The average molecular weight is 227 g/mol. The maximum Gasteiger partial charge on any atom is 0.422 e. The van der Waals surface area contributed by atoms with Crippen molar-refractivity contribution >= 4 is 6.09 Å². The Labute approximate surface area is 87.0 Å². The molecule has 0 atom stereocenters. The first-order chi connectivity index (χ1) is 6.60. The van der Waals surface area contributed by atoms with Crippen LogP contribution >= 0.6 is 0 Å². The van der Waals surface area contributed by atoms with Gasteiger partial charge < -0.3 is 10.1 Å². The minimum Gasteiger partial charge on any atom is -0.440 e. The number of amides is 1. The minimum atomic E-state index is -4.47. The normalized spacial score (nSPS) is 12.4. The zero-order chi connectivity index (χ0) is 12.1. The molecule has 0 aliphatic rings. The van der Waals surface area contributed by atoms with Crippen LogP contribution in [0.4, 0.5) is 18.0 Å². The van der Waals surface area contributed by atoms with E-state index < -0.39 is 18.9 Å². The SMILES string of the molecule is CC(C)(C)CCNC(=O)OCC(F)(F)F. The highest BCUT2D eigenvalue weighted by molar-refractivity contribution is 5.67. The number of alkyl halides is 3. The second kappa shape index (κ2) is 5.23. The van der Waals surface area contributed by atoms with Crippen LogP contribution in [0, 0.1) is 5.41 Å². The lowest BCUT2D eigenvalue weighted by Gasteiger charge is -2.18. The van der Waals surface area contributed by atoms with Crippen LogP contribution in [0.15, 0.2) is 0 Å². The van der Waals surface area contributed by atoms with E-state index in [9.17, 15) is 18.0 Å². The predicted octanol–water partition coefficient (Wildman–Crippen LogP) is 2.71. The fraction of sp³-hybridized carbons (Fsp3) is 0.889. The van der Waals surface area contributed by atoms with Crippen molar-refractivity contribution in [1.29, 1.82) is 0 Å². The molecule has 0 aliphatic heterocycles. The van der Waals surface area contributed by atoms with E-state index in [1.165, 1.54) is 0 Å². The second-order valence-electron chi connectivity index (χ2n) is 4.43. The summed E-state index contributed by atoms with van der Waals surface area (Å²) in [6, 6.07) is 0. The van der Waals surface area contributed by atoms with E-state index in [4.69, 9.17) is 0 Å². The van der Waals surface area contributed by atoms with Crippen LogP contribution in [-0.2, 0) is 4.74 Å². The molecule has 0 aromatic heterocycles. The van der Waals surface area contributed by atoms with Gasteiger partial charge in [-0.05, 0) is 11.8 Å². The van der Waals surface area contributed by atoms with Gasteiger partial charge in [0.15, 0.2) is 6.61 Å². The Hall–Kier alpha value is -0.940. The standard InChI is InChI=1S/C9H16F3NO2/c1-8(2,3)4-5-13-7(14)15-6-9(10,11)12/h4-6H2,1-3H3,(H,13,14). The molecular weight excluding hydrogens is 211 g/mol. The van der Waals surface area contributed by atoms with E-state index in [2.05, 4.69) is 10.1 Å². The molecule has 0 saturated heterocycles. The summed E-state index contributed by atoms with van der Waals surface area (Å²) in [5, 5.41) is 2.25. The van der Waals surface area contributed by atoms with Crippen LogP contribution in [0.1, 0.15) is 27.2 Å². The van der Waals surface area contributed by atoms with E-state index in [0.29, 0.717) is 13.0 Å². The van der Waals surface area contributed by atoms with Crippen LogP contribution in [-0.4, -0.2) is 25.4 Å².